The number of carbonyl (C=O) groups is 1. The van der Waals surface area contributed by atoms with Crippen LogP contribution in [0.5, 0.6) is 5.75 Å². The second-order valence-electron chi connectivity index (χ2n) is 5.13. The van der Waals surface area contributed by atoms with Gasteiger partial charge in [-0.2, -0.15) is 0 Å². The summed E-state index contributed by atoms with van der Waals surface area (Å²) in [6.45, 7) is 4.12. The molecular weight excluding hydrogens is 303 g/mol. The minimum atomic E-state index is -3.16. The van der Waals surface area contributed by atoms with Crippen LogP contribution in [0, 0.1) is 0 Å². The molecule has 1 aromatic carbocycles. The Labute approximate surface area is 132 Å². The molecule has 1 unspecified atom stereocenters. The maximum absolute atomic E-state index is 12.9. The fraction of sp³-hybridized carbons (Fsp3) is 0.533. The SMILES string of the molecule is CNCCCP(=O)(NCC(=O)OC(C)C)Oc1ccccc1. The molecule has 0 spiro atoms. The van der Waals surface area contributed by atoms with Crippen molar-refractivity contribution in [1.82, 2.24) is 10.4 Å². The van der Waals surface area contributed by atoms with Crippen molar-refractivity contribution in [2.75, 3.05) is 26.3 Å². The second-order valence-corrected chi connectivity index (χ2v) is 7.42. The van der Waals surface area contributed by atoms with Crippen LogP contribution >= 0.6 is 7.52 Å². The van der Waals surface area contributed by atoms with Crippen molar-refractivity contribution in [2.45, 2.75) is 26.4 Å². The minimum absolute atomic E-state index is 0.137. The van der Waals surface area contributed by atoms with E-state index < -0.39 is 13.5 Å². The van der Waals surface area contributed by atoms with Crippen LogP contribution in [0.1, 0.15) is 20.3 Å². The zero-order valence-corrected chi connectivity index (χ0v) is 14.3. The largest absolute Gasteiger partial charge is 0.462 e. The highest BCUT2D eigenvalue weighted by Crippen LogP contribution is 2.43. The molecule has 0 aliphatic heterocycles. The summed E-state index contributed by atoms with van der Waals surface area (Å²) in [5.41, 5.74) is 0. The number of esters is 1. The fourth-order valence-electron chi connectivity index (χ4n) is 1.76. The molecule has 0 radical (unpaired) electrons. The molecule has 1 atom stereocenters. The number of hydrogen-bond donors (Lipinski definition) is 2. The molecule has 0 amide bonds. The summed E-state index contributed by atoms with van der Waals surface area (Å²) in [5, 5.41) is 5.74. The Balaban J connectivity index is 2.65. The van der Waals surface area contributed by atoms with E-state index >= 15 is 0 Å². The highest BCUT2D eigenvalue weighted by atomic mass is 31.2. The zero-order valence-electron chi connectivity index (χ0n) is 13.4. The van der Waals surface area contributed by atoms with Gasteiger partial charge in [-0.25, -0.2) is 5.09 Å². The molecule has 22 heavy (non-hydrogen) atoms. The van der Waals surface area contributed by atoms with Gasteiger partial charge in [0.2, 0.25) is 0 Å². The Kier molecular flexibility index (Phi) is 8.17. The van der Waals surface area contributed by atoms with E-state index in [9.17, 15) is 9.36 Å². The molecule has 6 nitrogen and oxygen atoms in total. The molecule has 1 rings (SSSR count). The molecule has 7 heteroatoms. The number of nitrogens with one attached hydrogen (secondary N) is 2. The third-order valence-electron chi connectivity index (χ3n) is 2.71. The highest BCUT2D eigenvalue weighted by molar-refractivity contribution is 7.57. The number of ether oxygens (including phenoxy) is 1. The Bertz CT molecular complexity index is 494. The Morgan fingerprint density at radius 3 is 2.55 bits per heavy atom. The predicted octanol–water partition coefficient (Wildman–Crippen LogP) is 2.41. The lowest BCUT2D eigenvalue weighted by Crippen LogP contribution is -2.27. The van der Waals surface area contributed by atoms with Crippen molar-refractivity contribution in [3.63, 3.8) is 0 Å². The van der Waals surface area contributed by atoms with Crippen LogP contribution in [-0.4, -0.2) is 38.4 Å². The van der Waals surface area contributed by atoms with Gasteiger partial charge in [0, 0.05) is 0 Å². The van der Waals surface area contributed by atoms with Crippen LogP contribution in [0.15, 0.2) is 30.3 Å². The van der Waals surface area contributed by atoms with Crippen molar-refractivity contribution in [3.8, 4) is 5.75 Å². The van der Waals surface area contributed by atoms with E-state index in [1.807, 2.05) is 13.1 Å². The first-order valence-corrected chi connectivity index (χ1v) is 9.19. The Morgan fingerprint density at radius 1 is 1.27 bits per heavy atom. The summed E-state index contributed by atoms with van der Waals surface area (Å²) in [7, 11) is -1.33. The fourth-order valence-corrected chi connectivity index (χ4v) is 3.48. The molecule has 124 valence electrons. The van der Waals surface area contributed by atoms with Crippen LogP contribution in [0.2, 0.25) is 0 Å². The van der Waals surface area contributed by atoms with Crippen molar-refractivity contribution in [3.05, 3.63) is 30.3 Å². The first-order chi connectivity index (χ1) is 10.4. The summed E-state index contributed by atoms with van der Waals surface area (Å²) in [6, 6.07) is 8.94. The monoisotopic (exact) mass is 328 g/mol. The van der Waals surface area contributed by atoms with Gasteiger partial charge in [-0.05, 0) is 46.0 Å². The number of para-hydroxylation sites is 1. The van der Waals surface area contributed by atoms with Gasteiger partial charge in [0.05, 0.1) is 12.3 Å². The predicted molar refractivity (Wildman–Crippen MR) is 87.3 cm³/mol. The van der Waals surface area contributed by atoms with E-state index in [1.165, 1.54) is 0 Å². The lowest BCUT2D eigenvalue weighted by atomic mass is 10.3. The lowest BCUT2D eigenvalue weighted by Gasteiger charge is -2.20. The summed E-state index contributed by atoms with van der Waals surface area (Å²) < 4.78 is 23.5. The van der Waals surface area contributed by atoms with Gasteiger partial charge in [-0.1, -0.05) is 18.2 Å². The first-order valence-electron chi connectivity index (χ1n) is 7.38. The number of hydrogen-bond acceptors (Lipinski definition) is 5. The van der Waals surface area contributed by atoms with Gasteiger partial charge in [0.1, 0.15) is 12.3 Å². The smallest absolute Gasteiger partial charge is 0.320 e. The second kappa shape index (κ2) is 9.62. The zero-order chi connectivity index (χ0) is 16.4. The van der Waals surface area contributed by atoms with E-state index in [-0.39, 0.29) is 12.6 Å². The molecule has 0 aliphatic carbocycles. The third-order valence-corrected chi connectivity index (χ3v) is 4.76. The summed E-state index contributed by atoms with van der Waals surface area (Å²) in [6.07, 6.45) is 0.804. The van der Waals surface area contributed by atoms with Crippen LogP contribution in [0.4, 0.5) is 0 Å². The third kappa shape index (κ3) is 7.59. The van der Waals surface area contributed by atoms with Crippen LogP contribution in [0.3, 0.4) is 0 Å². The topological polar surface area (TPSA) is 76.7 Å². The maximum Gasteiger partial charge on any atom is 0.320 e. The molecule has 1 aromatic rings. The van der Waals surface area contributed by atoms with Gasteiger partial charge in [-0.15, -0.1) is 0 Å². The maximum atomic E-state index is 12.9. The molecule has 0 aliphatic rings. The molecule has 0 saturated carbocycles. The summed E-state index contributed by atoms with van der Waals surface area (Å²) in [4.78, 5) is 11.6. The number of carbonyl (C=O) groups excluding carboxylic acids is 1. The van der Waals surface area contributed by atoms with Gasteiger partial charge < -0.3 is 14.6 Å². The molecule has 0 saturated heterocycles. The lowest BCUT2D eigenvalue weighted by molar-refractivity contribution is -0.145. The van der Waals surface area contributed by atoms with E-state index in [2.05, 4.69) is 10.4 Å². The van der Waals surface area contributed by atoms with Crippen molar-refractivity contribution < 1.29 is 18.6 Å². The Hall–Kier alpha value is -1.36. The average molecular weight is 328 g/mol. The average Bonchev–Trinajstić information content (AvgIpc) is 2.46. The molecular formula is C15H25N2O4P. The van der Waals surface area contributed by atoms with Crippen LogP contribution in [0.25, 0.3) is 0 Å². The Morgan fingerprint density at radius 2 is 1.95 bits per heavy atom. The molecule has 0 aromatic heterocycles. The highest BCUT2D eigenvalue weighted by Gasteiger charge is 2.25. The van der Waals surface area contributed by atoms with Crippen molar-refractivity contribution in [2.24, 2.45) is 0 Å². The number of benzene rings is 1. The van der Waals surface area contributed by atoms with Gasteiger partial charge in [-0.3, -0.25) is 9.36 Å². The standard InChI is InChI=1S/C15H25N2O4P/c1-13(2)20-15(18)12-17-22(19,11-7-10-16-3)21-14-8-5-4-6-9-14/h4-6,8-9,13,16H,7,10-12H2,1-3H3,(H,17,19). The molecule has 0 heterocycles. The molecule has 2 N–H and O–H groups in total. The van der Waals surface area contributed by atoms with Crippen LogP contribution < -0.4 is 14.9 Å². The molecule has 0 fully saturated rings. The summed E-state index contributed by atoms with van der Waals surface area (Å²) in [5.74, 6) is 0.0699. The van der Waals surface area contributed by atoms with Crippen molar-refractivity contribution >= 4 is 13.5 Å². The van der Waals surface area contributed by atoms with Gasteiger partial charge in [0.25, 0.3) is 0 Å². The quantitative estimate of drug-likeness (QED) is 0.390. The molecule has 0 bridgehead atoms. The van der Waals surface area contributed by atoms with E-state index in [1.54, 1.807) is 38.1 Å². The van der Waals surface area contributed by atoms with Crippen LogP contribution in [-0.2, 0) is 14.1 Å². The minimum Gasteiger partial charge on any atom is -0.462 e. The van der Waals surface area contributed by atoms with Crippen molar-refractivity contribution in [1.29, 1.82) is 0 Å². The van der Waals surface area contributed by atoms with Gasteiger partial charge >= 0.3 is 13.5 Å². The van der Waals surface area contributed by atoms with E-state index in [0.29, 0.717) is 18.3 Å². The van der Waals surface area contributed by atoms with Gasteiger partial charge in [0.15, 0.2) is 0 Å². The van der Waals surface area contributed by atoms with E-state index in [0.717, 1.165) is 6.54 Å². The summed E-state index contributed by atoms with van der Waals surface area (Å²) >= 11 is 0. The van der Waals surface area contributed by atoms with E-state index in [4.69, 9.17) is 9.26 Å². The normalized spacial score (nSPS) is 13.6. The number of rotatable bonds is 10. The first kappa shape index (κ1) is 18.7.